The highest BCUT2D eigenvalue weighted by molar-refractivity contribution is 6.32. The molecule has 1 N–H and O–H groups in total. The summed E-state index contributed by atoms with van der Waals surface area (Å²) in [4.78, 5) is 14.5. The van der Waals surface area contributed by atoms with E-state index in [9.17, 15) is 18.0 Å². The predicted molar refractivity (Wildman–Crippen MR) is 109 cm³/mol. The first kappa shape index (κ1) is 22.4. The number of benzene rings is 2. The van der Waals surface area contributed by atoms with Gasteiger partial charge in [-0.2, -0.15) is 13.2 Å². The van der Waals surface area contributed by atoms with Crippen LogP contribution in [0.1, 0.15) is 30.9 Å². The lowest BCUT2D eigenvalue weighted by Gasteiger charge is -2.33. The first-order valence-electron chi connectivity index (χ1n) is 9.82. The molecular formula is C22H24ClF3N2O2. The molecule has 162 valence electrons. The summed E-state index contributed by atoms with van der Waals surface area (Å²) in [6.07, 6.45) is -3.57. The van der Waals surface area contributed by atoms with Gasteiger partial charge in [-0.1, -0.05) is 41.9 Å². The van der Waals surface area contributed by atoms with E-state index in [1.807, 2.05) is 0 Å². The molecule has 0 aromatic heterocycles. The quantitative estimate of drug-likeness (QED) is 0.694. The van der Waals surface area contributed by atoms with Crippen LogP contribution in [0.15, 0.2) is 48.5 Å². The number of hydrogen-bond acceptors (Lipinski definition) is 3. The summed E-state index contributed by atoms with van der Waals surface area (Å²) in [6, 6.07) is 12.4. The Hall–Kier alpha value is -2.25. The average molecular weight is 441 g/mol. The lowest BCUT2D eigenvalue weighted by molar-refractivity contribution is -0.137. The molecule has 1 fully saturated rings. The van der Waals surface area contributed by atoms with Crippen LogP contribution in [0, 0.1) is 0 Å². The van der Waals surface area contributed by atoms with Gasteiger partial charge in [-0.15, -0.1) is 0 Å². The van der Waals surface area contributed by atoms with E-state index in [0.717, 1.165) is 18.9 Å². The Morgan fingerprint density at radius 2 is 1.90 bits per heavy atom. The number of likely N-dealkylation sites (tertiary alicyclic amines) is 1. The van der Waals surface area contributed by atoms with Gasteiger partial charge in [-0.05, 0) is 43.5 Å². The second kappa shape index (κ2) is 9.71. The number of hydrogen-bond donors (Lipinski definition) is 1. The maximum absolute atomic E-state index is 12.9. The summed E-state index contributed by atoms with van der Waals surface area (Å²) in [5.74, 6) is 0.240. The Bertz CT molecular complexity index is 867. The smallest absolute Gasteiger partial charge is 0.416 e. The summed E-state index contributed by atoms with van der Waals surface area (Å²) < 4.78 is 44.3. The van der Waals surface area contributed by atoms with Crippen LogP contribution in [-0.4, -0.2) is 36.0 Å². The van der Waals surface area contributed by atoms with Crippen molar-refractivity contribution in [2.24, 2.45) is 0 Å². The maximum Gasteiger partial charge on any atom is 0.416 e. The molecule has 1 unspecified atom stereocenters. The van der Waals surface area contributed by atoms with Crippen molar-refractivity contribution in [2.45, 2.75) is 44.6 Å². The number of piperidine rings is 1. The van der Waals surface area contributed by atoms with Gasteiger partial charge in [0.15, 0.2) is 6.10 Å². The molecule has 8 heteroatoms. The van der Waals surface area contributed by atoms with Crippen LogP contribution >= 0.6 is 11.6 Å². The van der Waals surface area contributed by atoms with E-state index in [0.29, 0.717) is 36.0 Å². The number of rotatable bonds is 6. The zero-order valence-electron chi connectivity index (χ0n) is 16.6. The molecule has 0 saturated carbocycles. The SMILES string of the molecule is CC(Oc1ccccc1Cl)C(=O)NC1CCN(Cc2cccc(C(F)(F)F)c2)CC1. The number of carbonyl (C=O) groups is 1. The monoisotopic (exact) mass is 440 g/mol. The van der Waals surface area contributed by atoms with Gasteiger partial charge in [0.25, 0.3) is 5.91 Å². The van der Waals surface area contributed by atoms with Crippen LogP contribution in [0.5, 0.6) is 5.75 Å². The highest BCUT2D eigenvalue weighted by Crippen LogP contribution is 2.30. The van der Waals surface area contributed by atoms with Gasteiger partial charge in [0, 0.05) is 25.7 Å². The van der Waals surface area contributed by atoms with E-state index in [1.54, 1.807) is 37.3 Å². The zero-order chi connectivity index (χ0) is 21.7. The van der Waals surface area contributed by atoms with Crippen LogP contribution in [0.2, 0.25) is 5.02 Å². The standard InChI is InChI=1S/C22H24ClF3N2O2/c1-15(30-20-8-3-2-7-19(20)23)21(29)27-18-9-11-28(12-10-18)14-16-5-4-6-17(13-16)22(24,25)26/h2-8,13,15,18H,9-12,14H2,1H3,(H,27,29). The first-order valence-corrected chi connectivity index (χ1v) is 10.2. The zero-order valence-corrected chi connectivity index (χ0v) is 17.3. The molecule has 1 aliphatic heterocycles. The Morgan fingerprint density at radius 3 is 2.57 bits per heavy atom. The van der Waals surface area contributed by atoms with Crippen LogP contribution in [-0.2, 0) is 17.5 Å². The number of halogens is 4. The highest BCUT2D eigenvalue weighted by Gasteiger charge is 2.30. The van der Waals surface area contributed by atoms with Crippen molar-refractivity contribution in [3.63, 3.8) is 0 Å². The number of alkyl halides is 3. The Morgan fingerprint density at radius 1 is 1.20 bits per heavy atom. The van der Waals surface area contributed by atoms with E-state index < -0.39 is 17.8 Å². The molecule has 1 saturated heterocycles. The van der Waals surface area contributed by atoms with E-state index in [-0.39, 0.29) is 11.9 Å². The van der Waals surface area contributed by atoms with Gasteiger partial charge in [-0.3, -0.25) is 9.69 Å². The first-order chi connectivity index (χ1) is 14.2. The van der Waals surface area contributed by atoms with E-state index >= 15 is 0 Å². The van der Waals surface area contributed by atoms with Crippen LogP contribution < -0.4 is 10.1 Å². The number of para-hydroxylation sites is 1. The average Bonchev–Trinajstić information content (AvgIpc) is 2.71. The number of nitrogens with zero attached hydrogens (tertiary/aromatic N) is 1. The van der Waals surface area contributed by atoms with Crippen molar-refractivity contribution in [2.75, 3.05) is 13.1 Å². The molecule has 0 bridgehead atoms. The summed E-state index contributed by atoms with van der Waals surface area (Å²) in [7, 11) is 0. The molecule has 3 rings (SSSR count). The lowest BCUT2D eigenvalue weighted by Crippen LogP contribution is -2.47. The van der Waals surface area contributed by atoms with E-state index in [1.165, 1.54) is 12.1 Å². The third-order valence-corrected chi connectivity index (χ3v) is 5.42. The van der Waals surface area contributed by atoms with E-state index in [4.69, 9.17) is 16.3 Å². The second-order valence-corrected chi connectivity index (χ2v) is 7.85. The minimum Gasteiger partial charge on any atom is -0.479 e. The second-order valence-electron chi connectivity index (χ2n) is 7.45. The van der Waals surface area contributed by atoms with Gasteiger partial charge in [0.2, 0.25) is 0 Å². The molecule has 2 aromatic carbocycles. The molecule has 0 aliphatic carbocycles. The highest BCUT2D eigenvalue weighted by atomic mass is 35.5. The summed E-state index contributed by atoms with van der Waals surface area (Å²) in [5, 5.41) is 3.43. The minimum atomic E-state index is -4.34. The van der Waals surface area contributed by atoms with Crippen molar-refractivity contribution in [3.8, 4) is 5.75 Å². The summed E-state index contributed by atoms with van der Waals surface area (Å²) in [6.45, 7) is 3.51. The van der Waals surface area contributed by atoms with Crippen molar-refractivity contribution in [3.05, 3.63) is 64.7 Å². The topological polar surface area (TPSA) is 41.6 Å². The van der Waals surface area contributed by atoms with Crippen LogP contribution in [0.4, 0.5) is 13.2 Å². The fourth-order valence-corrected chi connectivity index (χ4v) is 3.62. The molecular weight excluding hydrogens is 417 g/mol. The molecule has 1 heterocycles. The molecule has 1 aliphatic rings. The number of amides is 1. The minimum absolute atomic E-state index is 0.00700. The third-order valence-electron chi connectivity index (χ3n) is 5.10. The predicted octanol–water partition coefficient (Wildman–Crippen LogP) is 4.91. The number of carbonyl (C=O) groups excluding carboxylic acids is 1. The molecule has 1 amide bonds. The molecule has 0 spiro atoms. The Labute approximate surface area is 179 Å². The number of ether oxygens (including phenoxy) is 1. The van der Waals surface area contributed by atoms with E-state index in [2.05, 4.69) is 10.2 Å². The summed E-state index contributed by atoms with van der Waals surface area (Å²) >= 11 is 6.06. The van der Waals surface area contributed by atoms with Gasteiger partial charge in [0.05, 0.1) is 10.6 Å². The van der Waals surface area contributed by atoms with Crippen molar-refractivity contribution < 1.29 is 22.7 Å². The fourth-order valence-electron chi connectivity index (χ4n) is 3.44. The fraction of sp³-hybridized carbons (Fsp3) is 0.409. The molecule has 30 heavy (non-hydrogen) atoms. The Kier molecular flexibility index (Phi) is 7.26. The lowest BCUT2D eigenvalue weighted by atomic mass is 10.0. The van der Waals surface area contributed by atoms with Gasteiger partial charge < -0.3 is 10.1 Å². The van der Waals surface area contributed by atoms with Crippen LogP contribution in [0.3, 0.4) is 0 Å². The van der Waals surface area contributed by atoms with Crippen molar-refractivity contribution in [1.82, 2.24) is 10.2 Å². The third kappa shape index (κ3) is 6.12. The largest absolute Gasteiger partial charge is 0.479 e. The molecule has 0 radical (unpaired) electrons. The maximum atomic E-state index is 12.9. The van der Waals surface area contributed by atoms with Gasteiger partial charge in [0.1, 0.15) is 5.75 Å². The van der Waals surface area contributed by atoms with Crippen LogP contribution in [0.25, 0.3) is 0 Å². The van der Waals surface area contributed by atoms with Gasteiger partial charge >= 0.3 is 6.18 Å². The van der Waals surface area contributed by atoms with Gasteiger partial charge in [-0.25, -0.2) is 0 Å². The van der Waals surface area contributed by atoms with Crippen molar-refractivity contribution in [1.29, 1.82) is 0 Å². The van der Waals surface area contributed by atoms with Crippen molar-refractivity contribution >= 4 is 17.5 Å². The normalized spacial score (nSPS) is 16.8. The molecule has 1 atom stereocenters. The molecule has 2 aromatic rings. The Balaban J connectivity index is 1.46. The number of nitrogens with one attached hydrogen (secondary N) is 1. The summed E-state index contributed by atoms with van der Waals surface area (Å²) in [5.41, 5.74) is 0.00345. The molecule has 4 nitrogen and oxygen atoms in total.